The molecule has 2 heterocycles. The van der Waals surface area contributed by atoms with Gasteiger partial charge in [0.2, 0.25) is 0 Å². The highest BCUT2D eigenvalue weighted by molar-refractivity contribution is 6.30. The van der Waals surface area contributed by atoms with E-state index in [-0.39, 0.29) is 17.8 Å². The van der Waals surface area contributed by atoms with Crippen LogP contribution in [0.4, 0.5) is 4.39 Å². The molecule has 3 aromatic rings. The lowest BCUT2D eigenvalue weighted by Gasteiger charge is -2.40. The molecule has 1 aliphatic rings. The van der Waals surface area contributed by atoms with Crippen molar-refractivity contribution >= 4 is 29.0 Å². The van der Waals surface area contributed by atoms with Crippen molar-refractivity contribution in [3.63, 3.8) is 0 Å². The Morgan fingerprint density at radius 3 is 2.42 bits per heavy atom. The highest BCUT2D eigenvalue weighted by Gasteiger charge is 2.26. The lowest BCUT2D eigenvalue weighted by atomic mass is 9.94. The Balaban J connectivity index is 0.00000141. The lowest BCUT2D eigenvalue weighted by molar-refractivity contribution is -0.122. The number of hydrogen-bond donors (Lipinski definition) is 2. The van der Waals surface area contributed by atoms with Crippen LogP contribution in [0.5, 0.6) is 0 Å². The third-order valence-electron chi connectivity index (χ3n) is 7.23. The van der Waals surface area contributed by atoms with E-state index in [1.54, 1.807) is 12.1 Å². The van der Waals surface area contributed by atoms with E-state index in [0.29, 0.717) is 50.4 Å². The van der Waals surface area contributed by atoms with Gasteiger partial charge in [-0.1, -0.05) is 23.7 Å². The number of likely N-dealkylation sites (tertiary alicyclic amines) is 1. The molecule has 4 rings (SSSR count). The van der Waals surface area contributed by atoms with Crippen molar-refractivity contribution < 1.29 is 23.8 Å². The number of hydrogen-bond acceptors (Lipinski definition) is 5. The van der Waals surface area contributed by atoms with Gasteiger partial charge < -0.3 is 24.5 Å². The first kappa shape index (κ1) is 32.0. The SMILES string of the molecule is CC(C)(C)N1CCC(COCCOCCNCc2cc(F)cc3c2ccn3Cc2ccc(Cl)cc2)CC1.O=CO. The Morgan fingerprint density at radius 2 is 1.75 bits per heavy atom. The summed E-state index contributed by atoms with van der Waals surface area (Å²) in [4.78, 5) is 10.9. The Hall–Kier alpha value is -2.49. The molecule has 0 saturated carbocycles. The third-order valence-corrected chi connectivity index (χ3v) is 7.48. The van der Waals surface area contributed by atoms with Gasteiger partial charge in [-0.05, 0) is 94.1 Å². The summed E-state index contributed by atoms with van der Waals surface area (Å²) in [6.45, 7) is 13.5. The molecular formula is C31H43ClFN3O4. The van der Waals surface area contributed by atoms with E-state index in [2.05, 4.69) is 41.6 Å². The van der Waals surface area contributed by atoms with Crippen LogP contribution in [-0.4, -0.2) is 72.6 Å². The van der Waals surface area contributed by atoms with Gasteiger partial charge in [0.15, 0.2) is 0 Å². The Bertz CT molecular complexity index is 1170. The normalized spacial score (nSPS) is 14.7. The maximum absolute atomic E-state index is 14.4. The molecule has 0 spiro atoms. The zero-order chi connectivity index (χ0) is 29.0. The highest BCUT2D eigenvalue weighted by atomic mass is 35.5. The summed E-state index contributed by atoms with van der Waals surface area (Å²) in [5.74, 6) is 0.433. The average molecular weight is 576 g/mol. The summed E-state index contributed by atoms with van der Waals surface area (Å²) in [6, 6.07) is 13.0. The molecule has 1 saturated heterocycles. The van der Waals surface area contributed by atoms with Crippen molar-refractivity contribution in [3.05, 3.63) is 70.6 Å². The summed E-state index contributed by atoms with van der Waals surface area (Å²) in [5.41, 5.74) is 3.23. The van der Waals surface area contributed by atoms with Gasteiger partial charge in [0, 0.05) is 48.4 Å². The van der Waals surface area contributed by atoms with Crippen molar-refractivity contribution in [3.8, 4) is 0 Å². The number of nitrogens with zero attached hydrogens (tertiary/aromatic N) is 2. The minimum Gasteiger partial charge on any atom is -0.483 e. The third kappa shape index (κ3) is 10.2. The minimum absolute atomic E-state index is 0.224. The second kappa shape index (κ2) is 16.1. The summed E-state index contributed by atoms with van der Waals surface area (Å²) >= 11 is 6.00. The molecule has 0 aliphatic carbocycles. The second-order valence-electron chi connectivity index (χ2n) is 11.1. The molecule has 0 atom stereocenters. The van der Waals surface area contributed by atoms with Gasteiger partial charge in [0.1, 0.15) is 5.82 Å². The van der Waals surface area contributed by atoms with Crippen LogP contribution in [0.2, 0.25) is 5.02 Å². The monoisotopic (exact) mass is 575 g/mol. The fourth-order valence-electron chi connectivity index (χ4n) is 5.01. The molecule has 1 fully saturated rings. The Morgan fingerprint density at radius 1 is 1.07 bits per heavy atom. The molecular weight excluding hydrogens is 533 g/mol. The molecule has 40 heavy (non-hydrogen) atoms. The van der Waals surface area contributed by atoms with Gasteiger partial charge in [-0.15, -0.1) is 0 Å². The van der Waals surface area contributed by atoms with Crippen molar-refractivity contribution in [2.45, 2.75) is 52.2 Å². The fraction of sp³-hybridized carbons (Fsp3) is 0.516. The van der Waals surface area contributed by atoms with Crippen LogP contribution in [0.1, 0.15) is 44.7 Å². The largest absolute Gasteiger partial charge is 0.483 e. The van der Waals surface area contributed by atoms with E-state index in [9.17, 15) is 4.39 Å². The number of benzene rings is 2. The maximum atomic E-state index is 14.4. The lowest BCUT2D eigenvalue weighted by Crippen LogP contribution is -2.46. The van der Waals surface area contributed by atoms with E-state index in [1.807, 2.05) is 30.5 Å². The van der Waals surface area contributed by atoms with E-state index in [0.717, 1.165) is 41.7 Å². The first-order valence-corrected chi connectivity index (χ1v) is 14.3. The van der Waals surface area contributed by atoms with E-state index < -0.39 is 0 Å². The number of ether oxygens (including phenoxy) is 2. The molecule has 0 unspecified atom stereocenters. The number of carboxylic acid groups (broad SMARTS) is 1. The van der Waals surface area contributed by atoms with Crippen LogP contribution >= 0.6 is 11.6 Å². The van der Waals surface area contributed by atoms with E-state index in [4.69, 9.17) is 31.0 Å². The second-order valence-corrected chi connectivity index (χ2v) is 11.6. The Labute approximate surface area is 242 Å². The van der Waals surface area contributed by atoms with Crippen molar-refractivity contribution in [2.24, 2.45) is 5.92 Å². The van der Waals surface area contributed by atoms with Crippen LogP contribution in [0.3, 0.4) is 0 Å². The standard InChI is InChI=1S/C30H41ClFN3O2.CH2O2/c1-30(2,3)35-13-8-24(9-14-35)22-37-17-16-36-15-11-33-20-25-18-27(32)19-29-28(25)10-12-34(29)21-23-4-6-26(31)7-5-23;2-1-3/h4-7,10,12,18-19,24,33H,8-9,11,13-17,20-22H2,1-3H3;1H,(H,2,3). The van der Waals surface area contributed by atoms with Gasteiger partial charge >= 0.3 is 0 Å². The molecule has 1 aliphatic heterocycles. The smallest absolute Gasteiger partial charge is 0.290 e. The molecule has 9 heteroatoms. The number of piperidine rings is 1. The van der Waals surface area contributed by atoms with Crippen LogP contribution in [0.15, 0.2) is 48.7 Å². The van der Waals surface area contributed by atoms with Crippen LogP contribution < -0.4 is 5.32 Å². The average Bonchev–Trinajstić information content (AvgIpc) is 3.31. The zero-order valence-electron chi connectivity index (χ0n) is 23.9. The molecule has 0 bridgehead atoms. The van der Waals surface area contributed by atoms with Crippen molar-refractivity contribution in [1.29, 1.82) is 0 Å². The molecule has 220 valence electrons. The summed E-state index contributed by atoms with van der Waals surface area (Å²) < 4.78 is 28.1. The molecule has 2 N–H and O–H groups in total. The topological polar surface area (TPSA) is 76.0 Å². The van der Waals surface area contributed by atoms with E-state index in [1.165, 1.54) is 12.8 Å². The molecule has 0 radical (unpaired) electrons. The molecule has 2 aromatic carbocycles. The quantitative estimate of drug-likeness (QED) is 0.209. The number of rotatable bonds is 12. The molecule has 0 amide bonds. The summed E-state index contributed by atoms with van der Waals surface area (Å²) in [7, 11) is 0. The van der Waals surface area contributed by atoms with Crippen LogP contribution in [0, 0.1) is 11.7 Å². The van der Waals surface area contributed by atoms with Crippen molar-refractivity contribution in [2.75, 3.05) is 46.1 Å². The maximum Gasteiger partial charge on any atom is 0.290 e. The highest BCUT2D eigenvalue weighted by Crippen LogP contribution is 2.25. The van der Waals surface area contributed by atoms with E-state index >= 15 is 0 Å². The zero-order valence-corrected chi connectivity index (χ0v) is 24.6. The molecule has 7 nitrogen and oxygen atoms in total. The summed E-state index contributed by atoms with van der Waals surface area (Å²) in [6.07, 6.45) is 4.43. The predicted octanol–water partition coefficient (Wildman–Crippen LogP) is 5.82. The van der Waals surface area contributed by atoms with Gasteiger partial charge in [-0.2, -0.15) is 0 Å². The van der Waals surface area contributed by atoms with Crippen LogP contribution in [0.25, 0.3) is 10.9 Å². The Kier molecular flexibility index (Phi) is 12.9. The number of fused-ring (bicyclic) bond motifs is 1. The van der Waals surface area contributed by atoms with Crippen LogP contribution in [-0.2, 0) is 27.4 Å². The predicted molar refractivity (Wildman–Crippen MR) is 159 cm³/mol. The summed E-state index contributed by atoms with van der Waals surface area (Å²) in [5, 5.41) is 12.0. The first-order chi connectivity index (χ1) is 19.2. The number of halogens is 2. The van der Waals surface area contributed by atoms with Gasteiger partial charge in [0.05, 0.1) is 25.3 Å². The van der Waals surface area contributed by atoms with Gasteiger partial charge in [0.25, 0.3) is 6.47 Å². The fourth-order valence-corrected chi connectivity index (χ4v) is 5.14. The number of nitrogens with one attached hydrogen (secondary N) is 1. The first-order valence-electron chi connectivity index (χ1n) is 13.9. The van der Waals surface area contributed by atoms with Gasteiger partial charge in [-0.25, -0.2) is 4.39 Å². The molecule has 1 aromatic heterocycles. The number of carbonyl (C=O) groups is 1. The van der Waals surface area contributed by atoms with Gasteiger partial charge in [-0.3, -0.25) is 9.69 Å². The van der Waals surface area contributed by atoms with Crippen molar-refractivity contribution in [1.82, 2.24) is 14.8 Å². The minimum atomic E-state index is -0.250. The number of aromatic nitrogens is 1.